The van der Waals surface area contributed by atoms with Gasteiger partial charge in [-0.15, -0.1) is 0 Å². The van der Waals surface area contributed by atoms with E-state index in [2.05, 4.69) is 0 Å². The summed E-state index contributed by atoms with van der Waals surface area (Å²) in [4.78, 5) is 9.57. The number of hydrogen-bond acceptors (Lipinski definition) is 4. The number of nitro groups is 1. The number of nitrogens with zero attached hydrogens (tertiary/aromatic N) is 1. The van der Waals surface area contributed by atoms with Gasteiger partial charge in [0.25, 0.3) is 0 Å². The van der Waals surface area contributed by atoms with E-state index >= 15 is 0 Å². The van der Waals surface area contributed by atoms with Gasteiger partial charge in [-0.3, -0.25) is 15.5 Å². The molecule has 0 aliphatic heterocycles. The van der Waals surface area contributed by atoms with Gasteiger partial charge in [-0.2, -0.15) is 4.39 Å². The predicted molar refractivity (Wildman–Crippen MR) is 59.7 cm³/mol. The van der Waals surface area contributed by atoms with Crippen LogP contribution >= 0.6 is 0 Å². The average Bonchev–Trinajstić information content (AvgIpc) is 2.24. The standard InChI is InChI=1S/C10H12FN3O3/c1-2-9(10(12)13)17-6-3-4-8(14(15)16)7(11)5-6/h3-5,9H,2H2,1H3,(H3,12,13). The number of amidine groups is 1. The molecule has 7 heteroatoms. The molecule has 1 rings (SSSR count). The largest absolute Gasteiger partial charge is 0.482 e. The van der Waals surface area contributed by atoms with Crippen LogP contribution in [-0.2, 0) is 0 Å². The molecule has 1 aromatic rings. The molecule has 92 valence electrons. The maximum absolute atomic E-state index is 13.2. The summed E-state index contributed by atoms with van der Waals surface area (Å²) in [6.07, 6.45) is -0.204. The number of halogens is 1. The number of rotatable bonds is 5. The van der Waals surface area contributed by atoms with E-state index in [-0.39, 0.29) is 11.6 Å². The summed E-state index contributed by atoms with van der Waals surface area (Å²) >= 11 is 0. The van der Waals surface area contributed by atoms with Crippen LogP contribution < -0.4 is 10.5 Å². The monoisotopic (exact) mass is 241 g/mol. The highest BCUT2D eigenvalue weighted by atomic mass is 19.1. The Labute approximate surface area is 96.8 Å². The van der Waals surface area contributed by atoms with Gasteiger partial charge < -0.3 is 10.5 Å². The van der Waals surface area contributed by atoms with Crippen molar-refractivity contribution in [2.45, 2.75) is 19.4 Å². The molecule has 0 saturated heterocycles. The lowest BCUT2D eigenvalue weighted by Gasteiger charge is -2.15. The lowest BCUT2D eigenvalue weighted by Crippen LogP contribution is -2.32. The van der Waals surface area contributed by atoms with E-state index in [4.69, 9.17) is 15.9 Å². The zero-order valence-corrected chi connectivity index (χ0v) is 9.14. The summed E-state index contributed by atoms with van der Waals surface area (Å²) in [5, 5.41) is 17.6. The fourth-order valence-electron chi connectivity index (χ4n) is 1.24. The van der Waals surface area contributed by atoms with Crippen molar-refractivity contribution in [3.05, 3.63) is 34.1 Å². The topological polar surface area (TPSA) is 102 Å². The minimum Gasteiger partial charge on any atom is -0.482 e. The van der Waals surface area contributed by atoms with E-state index in [1.165, 1.54) is 6.07 Å². The third kappa shape index (κ3) is 3.13. The molecule has 0 bridgehead atoms. The molecule has 1 aromatic carbocycles. The Hall–Kier alpha value is -2.18. The smallest absolute Gasteiger partial charge is 0.305 e. The van der Waals surface area contributed by atoms with Crippen LogP contribution in [0.4, 0.5) is 10.1 Å². The Morgan fingerprint density at radius 3 is 2.76 bits per heavy atom. The van der Waals surface area contributed by atoms with Crippen LogP contribution in [0, 0.1) is 21.3 Å². The van der Waals surface area contributed by atoms with Crippen LogP contribution in [0.2, 0.25) is 0 Å². The molecule has 0 aromatic heterocycles. The SMILES string of the molecule is CCC(Oc1ccc([N+](=O)[O-])c(F)c1)C(=N)N. The molecular weight excluding hydrogens is 229 g/mol. The Bertz CT molecular complexity index is 450. The summed E-state index contributed by atoms with van der Waals surface area (Å²) < 4.78 is 18.5. The zero-order valence-electron chi connectivity index (χ0n) is 9.14. The summed E-state index contributed by atoms with van der Waals surface area (Å²) in [7, 11) is 0. The molecule has 3 N–H and O–H groups in total. The number of ether oxygens (including phenoxy) is 1. The van der Waals surface area contributed by atoms with Crippen LogP contribution in [0.15, 0.2) is 18.2 Å². The number of benzene rings is 1. The molecule has 1 atom stereocenters. The molecule has 0 fully saturated rings. The second kappa shape index (κ2) is 5.24. The van der Waals surface area contributed by atoms with Crippen molar-refractivity contribution < 1.29 is 14.1 Å². The van der Waals surface area contributed by atoms with E-state index in [0.717, 1.165) is 12.1 Å². The summed E-state index contributed by atoms with van der Waals surface area (Å²) in [6.45, 7) is 1.76. The van der Waals surface area contributed by atoms with Crippen LogP contribution in [-0.4, -0.2) is 16.9 Å². The molecule has 0 spiro atoms. The maximum atomic E-state index is 13.2. The van der Waals surface area contributed by atoms with E-state index < -0.39 is 22.5 Å². The van der Waals surface area contributed by atoms with Crippen molar-refractivity contribution in [1.29, 1.82) is 5.41 Å². The fourth-order valence-corrected chi connectivity index (χ4v) is 1.24. The van der Waals surface area contributed by atoms with Gasteiger partial charge in [-0.1, -0.05) is 6.92 Å². The van der Waals surface area contributed by atoms with Gasteiger partial charge in [0, 0.05) is 12.1 Å². The van der Waals surface area contributed by atoms with Crippen molar-refractivity contribution in [2.24, 2.45) is 5.73 Å². The molecule has 17 heavy (non-hydrogen) atoms. The lowest BCUT2D eigenvalue weighted by atomic mass is 10.2. The van der Waals surface area contributed by atoms with Gasteiger partial charge in [0.1, 0.15) is 11.6 Å². The van der Waals surface area contributed by atoms with Crippen LogP contribution in [0.5, 0.6) is 5.75 Å². The second-order valence-corrected chi connectivity index (χ2v) is 3.34. The molecule has 0 aliphatic carbocycles. The first-order chi connectivity index (χ1) is 7.95. The minimum atomic E-state index is -0.981. The van der Waals surface area contributed by atoms with E-state index in [9.17, 15) is 14.5 Å². The van der Waals surface area contributed by atoms with Gasteiger partial charge in [-0.05, 0) is 12.5 Å². The summed E-state index contributed by atoms with van der Waals surface area (Å²) in [6, 6.07) is 3.19. The van der Waals surface area contributed by atoms with E-state index in [1.807, 2.05) is 0 Å². The van der Waals surface area contributed by atoms with Gasteiger partial charge >= 0.3 is 5.69 Å². The van der Waals surface area contributed by atoms with Crippen molar-refractivity contribution in [2.75, 3.05) is 0 Å². The number of nitrogens with one attached hydrogen (secondary N) is 1. The number of hydrogen-bond donors (Lipinski definition) is 2. The third-order valence-corrected chi connectivity index (χ3v) is 2.11. The predicted octanol–water partition coefficient (Wildman–Crippen LogP) is 1.83. The molecule has 0 heterocycles. The number of nitro benzene ring substituents is 1. The first kappa shape index (κ1) is 12.9. The van der Waals surface area contributed by atoms with Crippen molar-refractivity contribution in [1.82, 2.24) is 0 Å². The Kier molecular flexibility index (Phi) is 3.97. The molecular formula is C10H12FN3O3. The third-order valence-electron chi connectivity index (χ3n) is 2.11. The molecule has 0 aliphatic rings. The van der Waals surface area contributed by atoms with Gasteiger partial charge in [0.05, 0.1) is 4.92 Å². The molecule has 0 amide bonds. The molecule has 6 nitrogen and oxygen atoms in total. The first-order valence-corrected chi connectivity index (χ1v) is 4.90. The quantitative estimate of drug-likeness (QED) is 0.355. The van der Waals surface area contributed by atoms with Gasteiger partial charge in [0.2, 0.25) is 5.82 Å². The van der Waals surface area contributed by atoms with Crippen molar-refractivity contribution in [3.63, 3.8) is 0 Å². The molecule has 0 radical (unpaired) electrons. The van der Waals surface area contributed by atoms with Crippen LogP contribution in [0.25, 0.3) is 0 Å². The highest BCUT2D eigenvalue weighted by Gasteiger charge is 2.17. The van der Waals surface area contributed by atoms with Crippen molar-refractivity contribution in [3.8, 4) is 5.75 Å². The van der Waals surface area contributed by atoms with Crippen molar-refractivity contribution >= 4 is 11.5 Å². The normalized spacial score (nSPS) is 11.9. The molecule has 1 unspecified atom stereocenters. The lowest BCUT2D eigenvalue weighted by molar-refractivity contribution is -0.387. The zero-order chi connectivity index (χ0) is 13.0. The maximum Gasteiger partial charge on any atom is 0.305 e. The highest BCUT2D eigenvalue weighted by Crippen LogP contribution is 2.23. The highest BCUT2D eigenvalue weighted by molar-refractivity contribution is 5.82. The van der Waals surface area contributed by atoms with E-state index in [0.29, 0.717) is 6.42 Å². The average molecular weight is 241 g/mol. The second-order valence-electron chi connectivity index (χ2n) is 3.34. The fraction of sp³-hybridized carbons (Fsp3) is 0.300. The van der Waals surface area contributed by atoms with Gasteiger partial charge in [-0.25, -0.2) is 0 Å². The van der Waals surface area contributed by atoms with E-state index in [1.54, 1.807) is 6.92 Å². The minimum absolute atomic E-state index is 0.107. The van der Waals surface area contributed by atoms with Gasteiger partial charge in [0.15, 0.2) is 6.10 Å². The number of nitrogens with two attached hydrogens (primary N) is 1. The summed E-state index contributed by atoms with van der Waals surface area (Å²) in [5.74, 6) is -1.05. The summed E-state index contributed by atoms with van der Waals surface area (Å²) in [5.41, 5.74) is 4.65. The first-order valence-electron chi connectivity index (χ1n) is 4.90. The Morgan fingerprint density at radius 2 is 2.35 bits per heavy atom. The molecule has 0 saturated carbocycles. The Morgan fingerprint density at radius 1 is 1.71 bits per heavy atom. The van der Waals surface area contributed by atoms with Crippen LogP contribution in [0.3, 0.4) is 0 Å². The van der Waals surface area contributed by atoms with Crippen LogP contribution in [0.1, 0.15) is 13.3 Å². The Balaban J connectivity index is 2.90.